The fourth-order valence-electron chi connectivity index (χ4n) is 2.94. The molecular weight excluding hydrogens is 318 g/mol. The van der Waals surface area contributed by atoms with E-state index in [1.54, 1.807) is 11.3 Å². The molecule has 1 atom stereocenters. The molecule has 0 aliphatic heterocycles. The maximum Gasteiger partial charge on any atom is 0.220 e. The number of aromatic amines is 1. The molecule has 24 heavy (non-hydrogen) atoms. The van der Waals surface area contributed by atoms with Gasteiger partial charge < -0.3 is 15.2 Å². The molecule has 2 N–H and O–H groups in total. The Labute approximate surface area is 146 Å². The number of aromatic nitrogens is 1. The zero-order valence-corrected chi connectivity index (χ0v) is 14.9. The Balaban J connectivity index is 1.81. The van der Waals surface area contributed by atoms with E-state index in [-0.39, 0.29) is 11.8 Å². The summed E-state index contributed by atoms with van der Waals surface area (Å²) in [5.41, 5.74) is 3.50. The van der Waals surface area contributed by atoms with E-state index >= 15 is 0 Å². The lowest BCUT2D eigenvalue weighted by Gasteiger charge is -2.16. The predicted octanol–water partition coefficient (Wildman–Crippen LogP) is 3.43. The topological polar surface area (TPSA) is 48.1 Å². The van der Waals surface area contributed by atoms with Crippen LogP contribution in [0.3, 0.4) is 0 Å². The van der Waals surface area contributed by atoms with Gasteiger partial charge in [0.1, 0.15) is 0 Å². The maximum atomic E-state index is 12.4. The Kier molecular flexibility index (Phi) is 5.33. The lowest BCUT2D eigenvalue weighted by atomic mass is 9.89. The fourth-order valence-corrected chi connectivity index (χ4v) is 3.65. The third-order valence-electron chi connectivity index (χ3n) is 4.21. The van der Waals surface area contributed by atoms with E-state index in [2.05, 4.69) is 44.2 Å². The molecule has 0 fully saturated rings. The maximum absolute atomic E-state index is 12.4. The molecule has 1 aromatic carbocycles. The first-order chi connectivity index (χ1) is 11.6. The molecule has 2 aromatic heterocycles. The molecule has 3 aromatic rings. The Hall–Kier alpha value is -2.11. The van der Waals surface area contributed by atoms with Crippen LogP contribution in [-0.2, 0) is 4.79 Å². The van der Waals surface area contributed by atoms with Gasteiger partial charge in [-0.1, -0.05) is 18.2 Å². The summed E-state index contributed by atoms with van der Waals surface area (Å²) in [6.45, 7) is 1.53. The third-order valence-corrected chi connectivity index (χ3v) is 4.91. The summed E-state index contributed by atoms with van der Waals surface area (Å²) in [5.74, 6) is 0.171. The molecule has 0 aliphatic carbocycles. The van der Waals surface area contributed by atoms with Gasteiger partial charge in [0.05, 0.1) is 0 Å². The average Bonchev–Trinajstić information content (AvgIpc) is 3.22. The van der Waals surface area contributed by atoms with Crippen LogP contribution in [0.1, 0.15) is 23.5 Å². The fraction of sp³-hybridized carbons (Fsp3) is 0.316. The first-order valence-electron chi connectivity index (χ1n) is 8.14. The zero-order chi connectivity index (χ0) is 16.9. The summed E-state index contributed by atoms with van der Waals surface area (Å²) in [7, 11) is 4.01. The summed E-state index contributed by atoms with van der Waals surface area (Å²) in [5, 5.41) is 8.43. The van der Waals surface area contributed by atoms with E-state index in [0.29, 0.717) is 13.0 Å². The van der Waals surface area contributed by atoms with Crippen LogP contribution in [-0.4, -0.2) is 43.0 Å². The van der Waals surface area contributed by atoms with Crippen molar-refractivity contribution in [1.82, 2.24) is 15.2 Å². The van der Waals surface area contributed by atoms with Crippen molar-refractivity contribution < 1.29 is 4.79 Å². The number of amides is 1. The molecule has 0 saturated carbocycles. The van der Waals surface area contributed by atoms with E-state index in [9.17, 15) is 4.79 Å². The van der Waals surface area contributed by atoms with Gasteiger partial charge in [0.25, 0.3) is 0 Å². The number of H-pyrrole nitrogens is 1. The number of fused-ring (bicyclic) bond motifs is 1. The minimum atomic E-state index is 0.0757. The second-order valence-corrected chi connectivity index (χ2v) is 7.04. The number of carbonyl (C=O) groups is 1. The number of rotatable bonds is 7. The number of benzene rings is 1. The Bertz CT molecular complexity index is 792. The Morgan fingerprint density at radius 2 is 2.12 bits per heavy atom. The second kappa shape index (κ2) is 7.64. The third kappa shape index (κ3) is 3.86. The molecule has 0 bridgehead atoms. The molecule has 4 nitrogen and oxygen atoms in total. The SMILES string of the molecule is CN(C)CCNC(=O)CC(c1ccsc1)c1c[nH]c2ccccc12. The molecule has 0 aliphatic rings. The van der Waals surface area contributed by atoms with E-state index < -0.39 is 0 Å². The highest BCUT2D eigenvalue weighted by molar-refractivity contribution is 7.08. The molecule has 2 heterocycles. The van der Waals surface area contributed by atoms with Crippen LogP contribution in [0.25, 0.3) is 10.9 Å². The van der Waals surface area contributed by atoms with Crippen molar-refractivity contribution in [2.45, 2.75) is 12.3 Å². The van der Waals surface area contributed by atoms with Crippen molar-refractivity contribution in [3.63, 3.8) is 0 Å². The van der Waals surface area contributed by atoms with Gasteiger partial charge in [0.2, 0.25) is 5.91 Å². The molecule has 0 saturated heterocycles. The second-order valence-electron chi connectivity index (χ2n) is 6.26. The smallest absolute Gasteiger partial charge is 0.220 e. The van der Waals surface area contributed by atoms with Crippen molar-refractivity contribution in [2.75, 3.05) is 27.2 Å². The summed E-state index contributed by atoms with van der Waals surface area (Å²) in [6, 6.07) is 10.4. The standard InChI is InChI=1S/C19H23N3OS/c1-22(2)9-8-20-19(23)11-16(14-7-10-24-13-14)17-12-21-18-6-4-3-5-15(17)18/h3-7,10,12-13,16,21H,8-9,11H2,1-2H3,(H,20,23). The van der Waals surface area contributed by atoms with Crippen LogP contribution in [0.5, 0.6) is 0 Å². The summed E-state index contributed by atoms with van der Waals surface area (Å²) in [6.07, 6.45) is 2.51. The lowest BCUT2D eigenvalue weighted by molar-refractivity contribution is -0.121. The minimum Gasteiger partial charge on any atom is -0.361 e. The van der Waals surface area contributed by atoms with Gasteiger partial charge in [-0.2, -0.15) is 11.3 Å². The number of nitrogens with one attached hydrogen (secondary N) is 2. The van der Waals surface area contributed by atoms with Crippen LogP contribution in [0.4, 0.5) is 0 Å². The summed E-state index contributed by atoms with van der Waals surface area (Å²) < 4.78 is 0. The number of hydrogen-bond acceptors (Lipinski definition) is 3. The largest absolute Gasteiger partial charge is 0.361 e. The quantitative estimate of drug-likeness (QED) is 0.692. The van der Waals surface area contributed by atoms with Crippen LogP contribution in [0.15, 0.2) is 47.3 Å². The summed E-state index contributed by atoms with van der Waals surface area (Å²) >= 11 is 1.67. The molecule has 5 heteroatoms. The van der Waals surface area contributed by atoms with Gasteiger partial charge in [-0.3, -0.25) is 4.79 Å². The molecule has 1 amide bonds. The van der Waals surface area contributed by atoms with Crippen molar-refractivity contribution in [2.24, 2.45) is 0 Å². The van der Waals surface area contributed by atoms with E-state index in [1.807, 2.05) is 32.4 Å². The molecular formula is C19H23N3OS. The van der Waals surface area contributed by atoms with Gasteiger partial charge in [-0.25, -0.2) is 0 Å². The van der Waals surface area contributed by atoms with Gasteiger partial charge in [0.15, 0.2) is 0 Å². The first kappa shape index (κ1) is 16.7. The van der Waals surface area contributed by atoms with Crippen molar-refractivity contribution >= 4 is 28.1 Å². The molecule has 1 unspecified atom stereocenters. The van der Waals surface area contributed by atoms with Crippen molar-refractivity contribution in [3.05, 3.63) is 58.4 Å². The van der Waals surface area contributed by atoms with Crippen molar-refractivity contribution in [3.8, 4) is 0 Å². The number of carbonyl (C=O) groups excluding carboxylic acids is 1. The van der Waals surface area contributed by atoms with E-state index in [0.717, 1.165) is 12.1 Å². The van der Waals surface area contributed by atoms with E-state index in [1.165, 1.54) is 16.5 Å². The first-order valence-corrected chi connectivity index (χ1v) is 9.09. The summed E-state index contributed by atoms with van der Waals surface area (Å²) in [4.78, 5) is 17.8. The minimum absolute atomic E-state index is 0.0757. The van der Waals surface area contributed by atoms with Gasteiger partial charge in [0, 0.05) is 42.5 Å². The number of nitrogens with zero attached hydrogens (tertiary/aromatic N) is 1. The van der Waals surface area contributed by atoms with Crippen LogP contribution in [0, 0.1) is 0 Å². The lowest BCUT2D eigenvalue weighted by Crippen LogP contribution is -2.32. The highest BCUT2D eigenvalue weighted by Crippen LogP contribution is 2.34. The molecule has 126 valence electrons. The molecule has 0 spiro atoms. The monoisotopic (exact) mass is 341 g/mol. The number of likely N-dealkylation sites (N-methyl/N-ethyl adjacent to an activating group) is 1. The molecule has 3 rings (SSSR count). The molecule has 0 radical (unpaired) electrons. The number of thiophene rings is 1. The average molecular weight is 341 g/mol. The predicted molar refractivity (Wildman–Crippen MR) is 101 cm³/mol. The normalized spacial score (nSPS) is 12.6. The van der Waals surface area contributed by atoms with Gasteiger partial charge in [-0.15, -0.1) is 0 Å². The highest BCUT2D eigenvalue weighted by atomic mass is 32.1. The number of hydrogen-bond donors (Lipinski definition) is 2. The van der Waals surface area contributed by atoms with E-state index in [4.69, 9.17) is 0 Å². The van der Waals surface area contributed by atoms with Crippen LogP contribution >= 0.6 is 11.3 Å². The highest BCUT2D eigenvalue weighted by Gasteiger charge is 2.21. The van der Waals surface area contributed by atoms with Crippen LogP contribution < -0.4 is 5.32 Å². The Morgan fingerprint density at radius 1 is 1.29 bits per heavy atom. The Morgan fingerprint density at radius 3 is 2.88 bits per heavy atom. The van der Waals surface area contributed by atoms with Crippen molar-refractivity contribution in [1.29, 1.82) is 0 Å². The van der Waals surface area contributed by atoms with Gasteiger partial charge in [-0.05, 0) is 48.1 Å². The zero-order valence-electron chi connectivity index (χ0n) is 14.1. The number of para-hydroxylation sites is 1. The van der Waals surface area contributed by atoms with Crippen LogP contribution in [0.2, 0.25) is 0 Å². The van der Waals surface area contributed by atoms with Gasteiger partial charge >= 0.3 is 0 Å².